The highest BCUT2D eigenvalue weighted by molar-refractivity contribution is 5.49. The molecule has 1 atom stereocenters. The van der Waals surface area contributed by atoms with Crippen LogP contribution in [-0.2, 0) is 0 Å². The summed E-state index contributed by atoms with van der Waals surface area (Å²) in [6, 6.07) is 2.19. The molecule has 1 aromatic rings. The van der Waals surface area contributed by atoms with E-state index in [0.717, 1.165) is 44.0 Å². The molecular formula is C14H24N4O. The molecule has 2 heterocycles. The van der Waals surface area contributed by atoms with Gasteiger partial charge in [-0.1, -0.05) is 13.8 Å². The number of aromatic nitrogens is 2. The Labute approximate surface area is 115 Å². The molecule has 0 bridgehead atoms. The van der Waals surface area contributed by atoms with Crippen LogP contribution in [0.5, 0.6) is 0 Å². The van der Waals surface area contributed by atoms with E-state index in [-0.39, 0.29) is 12.6 Å². The van der Waals surface area contributed by atoms with Crippen molar-refractivity contribution in [3.8, 4) is 0 Å². The zero-order chi connectivity index (χ0) is 13.7. The number of nitrogens with zero attached hydrogens (tertiary/aromatic N) is 3. The number of aliphatic hydroxyl groups is 1. The van der Waals surface area contributed by atoms with Crippen molar-refractivity contribution < 1.29 is 5.11 Å². The third-order valence-corrected chi connectivity index (χ3v) is 3.56. The first kappa shape index (κ1) is 14.1. The molecule has 0 aromatic carbocycles. The van der Waals surface area contributed by atoms with Gasteiger partial charge in [0.15, 0.2) is 0 Å². The average Bonchev–Trinajstić information content (AvgIpc) is 2.87. The van der Waals surface area contributed by atoms with Crippen molar-refractivity contribution in [2.45, 2.75) is 39.2 Å². The molecule has 0 radical (unpaired) electrons. The van der Waals surface area contributed by atoms with E-state index in [4.69, 9.17) is 0 Å². The first-order chi connectivity index (χ1) is 9.20. The number of rotatable bonds is 6. The number of hydrogen-bond acceptors (Lipinski definition) is 5. The first-order valence-electron chi connectivity index (χ1n) is 7.14. The Morgan fingerprint density at radius 1 is 1.47 bits per heavy atom. The zero-order valence-electron chi connectivity index (χ0n) is 11.8. The lowest BCUT2D eigenvalue weighted by molar-refractivity contribution is 0.266. The molecule has 106 valence electrons. The molecule has 0 amide bonds. The summed E-state index contributed by atoms with van der Waals surface area (Å²) < 4.78 is 0. The van der Waals surface area contributed by atoms with Gasteiger partial charge in [0.25, 0.3) is 0 Å². The van der Waals surface area contributed by atoms with Crippen molar-refractivity contribution in [2.24, 2.45) is 5.92 Å². The van der Waals surface area contributed by atoms with Crippen LogP contribution >= 0.6 is 0 Å². The Morgan fingerprint density at radius 3 is 3.05 bits per heavy atom. The highest BCUT2D eigenvalue weighted by Gasteiger charge is 2.24. The smallest absolute Gasteiger partial charge is 0.134 e. The summed E-state index contributed by atoms with van der Waals surface area (Å²) in [4.78, 5) is 10.7. The van der Waals surface area contributed by atoms with Crippen molar-refractivity contribution in [3.05, 3.63) is 12.4 Å². The van der Waals surface area contributed by atoms with E-state index < -0.39 is 0 Å². The third kappa shape index (κ3) is 3.80. The van der Waals surface area contributed by atoms with Gasteiger partial charge in [0, 0.05) is 19.2 Å². The molecule has 2 rings (SSSR count). The monoisotopic (exact) mass is 264 g/mol. The molecule has 19 heavy (non-hydrogen) atoms. The number of anilines is 2. The highest BCUT2D eigenvalue weighted by Crippen LogP contribution is 2.24. The van der Waals surface area contributed by atoms with Crippen LogP contribution in [0.25, 0.3) is 0 Å². The molecule has 1 fully saturated rings. The van der Waals surface area contributed by atoms with E-state index in [9.17, 15) is 5.11 Å². The average molecular weight is 264 g/mol. The molecule has 1 unspecified atom stereocenters. The third-order valence-electron chi connectivity index (χ3n) is 3.56. The summed E-state index contributed by atoms with van der Waals surface area (Å²) in [7, 11) is 0. The Hall–Kier alpha value is -1.36. The minimum absolute atomic E-state index is 0.195. The van der Waals surface area contributed by atoms with Gasteiger partial charge < -0.3 is 15.3 Å². The molecule has 0 aliphatic carbocycles. The van der Waals surface area contributed by atoms with Crippen molar-refractivity contribution in [3.63, 3.8) is 0 Å². The quantitative estimate of drug-likeness (QED) is 0.821. The second-order valence-corrected chi connectivity index (χ2v) is 5.54. The zero-order valence-corrected chi connectivity index (χ0v) is 11.8. The fourth-order valence-corrected chi connectivity index (χ4v) is 2.42. The van der Waals surface area contributed by atoms with Gasteiger partial charge in [-0.05, 0) is 25.2 Å². The SMILES string of the molecule is CC(C)CCNc1cc(N2CCCC2CO)ncn1. The minimum atomic E-state index is 0.195. The number of nitrogens with one attached hydrogen (secondary N) is 1. The lowest BCUT2D eigenvalue weighted by Crippen LogP contribution is -2.32. The van der Waals surface area contributed by atoms with Gasteiger partial charge >= 0.3 is 0 Å². The lowest BCUT2D eigenvalue weighted by Gasteiger charge is -2.24. The molecule has 1 aliphatic heterocycles. The predicted molar refractivity (Wildman–Crippen MR) is 77.4 cm³/mol. The van der Waals surface area contributed by atoms with E-state index in [1.54, 1.807) is 6.33 Å². The Bertz CT molecular complexity index is 397. The van der Waals surface area contributed by atoms with Gasteiger partial charge in [0.05, 0.1) is 12.6 Å². The van der Waals surface area contributed by atoms with Crippen LogP contribution in [0.4, 0.5) is 11.6 Å². The minimum Gasteiger partial charge on any atom is -0.394 e. The molecule has 5 nitrogen and oxygen atoms in total. The van der Waals surface area contributed by atoms with E-state index in [1.165, 1.54) is 0 Å². The summed E-state index contributed by atoms with van der Waals surface area (Å²) in [6.45, 7) is 6.51. The predicted octanol–water partition coefficient (Wildman–Crippen LogP) is 1.90. The summed E-state index contributed by atoms with van der Waals surface area (Å²) in [5.41, 5.74) is 0. The van der Waals surface area contributed by atoms with E-state index in [2.05, 4.69) is 34.0 Å². The van der Waals surface area contributed by atoms with Gasteiger partial charge in [-0.3, -0.25) is 0 Å². The van der Waals surface area contributed by atoms with Crippen molar-refractivity contribution in [2.75, 3.05) is 29.9 Å². The Balaban J connectivity index is 1.98. The van der Waals surface area contributed by atoms with E-state index >= 15 is 0 Å². The molecular weight excluding hydrogens is 240 g/mol. The standard InChI is InChI=1S/C14H24N4O/c1-11(2)5-6-15-13-8-14(17-10-16-13)18-7-3-4-12(18)9-19/h8,10-12,19H,3-7,9H2,1-2H3,(H,15,16,17). The molecule has 0 spiro atoms. The van der Waals surface area contributed by atoms with Crippen LogP contribution in [0, 0.1) is 5.92 Å². The van der Waals surface area contributed by atoms with Crippen LogP contribution in [0.2, 0.25) is 0 Å². The molecule has 0 saturated carbocycles. The van der Waals surface area contributed by atoms with E-state index in [0.29, 0.717) is 5.92 Å². The van der Waals surface area contributed by atoms with Gasteiger partial charge in [-0.15, -0.1) is 0 Å². The summed E-state index contributed by atoms with van der Waals surface area (Å²) in [5.74, 6) is 2.47. The number of hydrogen-bond donors (Lipinski definition) is 2. The second-order valence-electron chi connectivity index (χ2n) is 5.54. The topological polar surface area (TPSA) is 61.3 Å². The molecule has 1 aliphatic rings. The largest absolute Gasteiger partial charge is 0.394 e. The number of aliphatic hydroxyl groups excluding tert-OH is 1. The van der Waals surface area contributed by atoms with Crippen LogP contribution in [0.1, 0.15) is 33.1 Å². The molecule has 1 aromatic heterocycles. The van der Waals surface area contributed by atoms with Crippen molar-refractivity contribution in [1.82, 2.24) is 9.97 Å². The van der Waals surface area contributed by atoms with E-state index in [1.807, 2.05) is 6.07 Å². The Morgan fingerprint density at radius 2 is 2.32 bits per heavy atom. The summed E-state index contributed by atoms with van der Waals surface area (Å²) in [5, 5.41) is 12.7. The molecule has 5 heteroatoms. The maximum absolute atomic E-state index is 9.37. The van der Waals surface area contributed by atoms with Crippen LogP contribution in [0.15, 0.2) is 12.4 Å². The van der Waals surface area contributed by atoms with Crippen LogP contribution in [-0.4, -0.2) is 40.8 Å². The van der Waals surface area contributed by atoms with Gasteiger partial charge in [0.2, 0.25) is 0 Å². The summed E-state index contributed by atoms with van der Waals surface area (Å²) >= 11 is 0. The lowest BCUT2D eigenvalue weighted by atomic mass is 10.1. The fraction of sp³-hybridized carbons (Fsp3) is 0.714. The van der Waals surface area contributed by atoms with Gasteiger partial charge in [-0.2, -0.15) is 0 Å². The van der Waals surface area contributed by atoms with Crippen molar-refractivity contribution in [1.29, 1.82) is 0 Å². The second kappa shape index (κ2) is 6.70. The first-order valence-corrected chi connectivity index (χ1v) is 7.14. The highest BCUT2D eigenvalue weighted by atomic mass is 16.3. The fourth-order valence-electron chi connectivity index (χ4n) is 2.42. The maximum atomic E-state index is 9.37. The van der Waals surface area contributed by atoms with Crippen LogP contribution in [0.3, 0.4) is 0 Å². The van der Waals surface area contributed by atoms with Gasteiger partial charge in [0.1, 0.15) is 18.0 Å². The van der Waals surface area contributed by atoms with Gasteiger partial charge in [-0.25, -0.2) is 9.97 Å². The molecule has 2 N–H and O–H groups in total. The van der Waals surface area contributed by atoms with Crippen LogP contribution < -0.4 is 10.2 Å². The summed E-state index contributed by atoms with van der Waals surface area (Å²) in [6.07, 6.45) is 4.88. The molecule has 1 saturated heterocycles. The normalized spacial score (nSPS) is 19.2. The van der Waals surface area contributed by atoms with Crippen molar-refractivity contribution >= 4 is 11.6 Å². The Kier molecular flexibility index (Phi) is 4.96. The maximum Gasteiger partial charge on any atom is 0.134 e.